The standard InChI is InChI=1S/C18H19BrN2O3S/c1-9(2)24-17(23)14-10(3)20-18-21(16(22)11(4)25-18)15(14)12-6-5-7-13(19)8-12/h5-9,11,15H,1-4H3/t11-,15-/m0/s1. The molecule has 2 aliphatic heterocycles. The maximum absolute atomic E-state index is 12.8. The molecular formula is C18H19BrN2O3S. The van der Waals surface area contributed by atoms with Gasteiger partial charge in [-0.2, -0.15) is 0 Å². The number of amidine groups is 1. The largest absolute Gasteiger partial charge is 0.459 e. The van der Waals surface area contributed by atoms with Gasteiger partial charge in [0.15, 0.2) is 5.17 Å². The first kappa shape index (κ1) is 18.2. The van der Waals surface area contributed by atoms with Crippen LogP contribution in [0.4, 0.5) is 0 Å². The zero-order chi connectivity index (χ0) is 18.3. The van der Waals surface area contributed by atoms with Crippen LogP contribution in [0.15, 0.2) is 45.0 Å². The highest BCUT2D eigenvalue weighted by atomic mass is 79.9. The Balaban J connectivity index is 2.14. The van der Waals surface area contributed by atoms with E-state index in [1.807, 2.05) is 31.2 Å². The molecule has 2 heterocycles. The highest BCUT2D eigenvalue weighted by molar-refractivity contribution is 9.10. The van der Waals surface area contributed by atoms with Gasteiger partial charge in [0.25, 0.3) is 0 Å². The normalized spacial score (nSPS) is 23.0. The number of aliphatic imine (C=N–C) groups is 1. The molecule has 0 aromatic heterocycles. The molecule has 1 amide bonds. The minimum atomic E-state index is -0.527. The fourth-order valence-corrected chi connectivity index (χ4v) is 4.38. The summed E-state index contributed by atoms with van der Waals surface area (Å²) in [7, 11) is 0. The lowest BCUT2D eigenvalue weighted by atomic mass is 9.94. The fraction of sp³-hybridized carbons (Fsp3) is 0.389. The number of esters is 1. The van der Waals surface area contributed by atoms with Gasteiger partial charge >= 0.3 is 5.97 Å². The number of nitrogens with zero attached hydrogens (tertiary/aromatic N) is 2. The summed E-state index contributed by atoms with van der Waals surface area (Å²) in [6, 6.07) is 7.11. The van der Waals surface area contributed by atoms with E-state index in [1.165, 1.54) is 11.8 Å². The van der Waals surface area contributed by atoms with Crippen LogP contribution in [-0.4, -0.2) is 33.3 Å². The minimum absolute atomic E-state index is 0.0453. The van der Waals surface area contributed by atoms with Crippen molar-refractivity contribution in [3.63, 3.8) is 0 Å². The van der Waals surface area contributed by atoms with E-state index in [2.05, 4.69) is 20.9 Å². The molecule has 2 aliphatic rings. The van der Waals surface area contributed by atoms with Gasteiger partial charge in [-0.05, 0) is 45.4 Å². The Labute approximate surface area is 159 Å². The molecule has 0 spiro atoms. The number of allylic oxidation sites excluding steroid dienone is 1. The third kappa shape index (κ3) is 3.40. The van der Waals surface area contributed by atoms with Crippen molar-refractivity contribution in [1.82, 2.24) is 4.90 Å². The van der Waals surface area contributed by atoms with Crippen LogP contribution in [0.25, 0.3) is 0 Å². The van der Waals surface area contributed by atoms with Gasteiger partial charge in [-0.3, -0.25) is 9.69 Å². The van der Waals surface area contributed by atoms with Crippen LogP contribution in [0.5, 0.6) is 0 Å². The molecule has 1 aromatic carbocycles. The molecule has 5 nitrogen and oxygen atoms in total. The summed E-state index contributed by atoms with van der Waals surface area (Å²) >= 11 is 4.89. The summed E-state index contributed by atoms with van der Waals surface area (Å²) in [5, 5.41) is 0.419. The number of halogens is 1. The maximum Gasteiger partial charge on any atom is 0.338 e. The van der Waals surface area contributed by atoms with E-state index in [9.17, 15) is 9.59 Å². The number of rotatable bonds is 3. The first-order valence-corrected chi connectivity index (χ1v) is 9.72. The van der Waals surface area contributed by atoms with Crippen molar-refractivity contribution in [2.45, 2.75) is 45.1 Å². The van der Waals surface area contributed by atoms with Gasteiger partial charge in [-0.1, -0.05) is 39.8 Å². The highest BCUT2D eigenvalue weighted by Crippen LogP contribution is 2.43. The van der Waals surface area contributed by atoms with Gasteiger partial charge < -0.3 is 4.74 Å². The SMILES string of the molecule is CC1=C(C(=O)OC(C)C)[C@H](c2cccc(Br)c2)N2C(=O)[C@H](C)SC2=N1. The summed E-state index contributed by atoms with van der Waals surface area (Å²) < 4.78 is 6.31. The summed E-state index contributed by atoms with van der Waals surface area (Å²) in [4.78, 5) is 31.6. The third-order valence-corrected chi connectivity index (χ3v) is 5.53. The lowest BCUT2D eigenvalue weighted by Crippen LogP contribution is -2.40. The zero-order valence-electron chi connectivity index (χ0n) is 14.4. The Morgan fingerprint density at radius 2 is 2.12 bits per heavy atom. The number of carbonyl (C=O) groups excluding carboxylic acids is 2. The van der Waals surface area contributed by atoms with Gasteiger partial charge in [-0.25, -0.2) is 9.79 Å². The van der Waals surface area contributed by atoms with Crippen LogP contribution in [0.3, 0.4) is 0 Å². The predicted molar refractivity (Wildman–Crippen MR) is 102 cm³/mol. The molecule has 0 aliphatic carbocycles. The topological polar surface area (TPSA) is 59.0 Å². The van der Waals surface area contributed by atoms with E-state index in [0.29, 0.717) is 16.4 Å². The second-order valence-electron chi connectivity index (χ2n) is 6.27. The van der Waals surface area contributed by atoms with Crippen molar-refractivity contribution < 1.29 is 14.3 Å². The molecule has 0 unspecified atom stereocenters. The van der Waals surface area contributed by atoms with Crippen LogP contribution < -0.4 is 0 Å². The number of benzene rings is 1. The number of ether oxygens (including phenoxy) is 1. The monoisotopic (exact) mass is 422 g/mol. The van der Waals surface area contributed by atoms with Crippen molar-refractivity contribution in [3.8, 4) is 0 Å². The highest BCUT2D eigenvalue weighted by Gasteiger charge is 2.46. The molecule has 25 heavy (non-hydrogen) atoms. The molecule has 0 saturated carbocycles. The summed E-state index contributed by atoms with van der Waals surface area (Å²) in [6.45, 7) is 7.25. The van der Waals surface area contributed by atoms with Crippen LogP contribution in [-0.2, 0) is 14.3 Å². The van der Waals surface area contributed by atoms with E-state index in [1.54, 1.807) is 25.7 Å². The average Bonchev–Trinajstić information content (AvgIpc) is 2.79. The number of amides is 1. The van der Waals surface area contributed by atoms with Crippen LogP contribution in [0.1, 0.15) is 39.3 Å². The van der Waals surface area contributed by atoms with E-state index < -0.39 is 12.0 Å². The second-order valence-corrected chi connectivity index (χ2v) is 8.50. The average molecular weight is 423 g/mol. The smallest absolute Gasteiger partial charge is 0.338 e. The van der Waals surface area contributed by atoms with Gasteiger partial charge in [0.2, 0.25) is 5.91 Å². The van der Waals surface area contributed by atoms with Gasteiger partial charge in [0, 0.05) is 4.47 Å². The summed E-state index contributed by atoms with van der Waals surface area (Å²) in [5.41, 5.74) is 1.86. The number of hydrogen-bond donors (Lipinski definition) is 0. The predicted octanol–water partition coefficient (Wildman–Crippen LogP) is 4.05. The number of thioether (sulfide) groups is 1. The van der Waals surface area contributed by atoms with Crippen LogP contribution in [0, 0.1) is 0 Å². The van der Waals surface area contributed by atoms with E-state index in [4.69, 9.17) is 4.74 Å². The molecule has 0 radical (unpaired) electrons. The second kappa shape index (κ2) is 6.96. The molecule has 3 rings (SSSR count). The molecule has 132 valence electrons. The van der Waals surface area contributed by atoms with E-state index >= 15 is 0 Å². The van der Waals surface area contributed by atoms with E-state index in [-0.39, 0.29) is 17.3 Å². The van der Waals surface area contributed by atoms with Gasteiger partial charge in [-0.15, -0.1) is 0 Å². The molecule has 1 fully saturated rings. The summed E-state index contributed by atoms with van der Waals surface area (Å²) in [5.74, 6) is -0.478. The lowest BCUT2D eigenvalue weighted by Gasteiger charge is -2.33. The fourth-order valence-electron chi connectivity index (χ4n) is 2.93. The van der Waals surface area contributed by atoms with Crippen LogP contribution >= 0.6 is 27.7 Å². The molecule has 7 heteroatoms. The van der Waals surface area contributed by atoms with Crippen molar-refractivity contribution >= 4 is 44.7 Å². The molecule has 2 atom stereocenters. The Bertz CT molecular complexity index is 803. The van der Waals surface area contributed by atoms with Crippen molar-refractivity contribution in [1.29, 1.82) is 0 Å². The van der Waals surface area contributed by atoms with Crippen molar-refractivity contribution in [2.75, 3.05) is 0 Å². The minimum Gasteiger partial charge on any atom is -0.459 e. The quantitative estimate of drug-likeness (QED) is 0.689. The molecule has 1 aromatic rings. The van der Waals surface area contributed by atoms with Crippen molar-refractivity contribution in [2.24, 2.45) is 4.99 Å². The summed E-state index contributed by atoms with van der Waals surface area (Å²) in [6.07, 6.45) is -0.246. The zero-order valence-corrected chi connectivity index (χ0v) is 16.8. The first-order valence-electron chi connectivity index (χ1n) is 8.05. The number of carbonyl (C=O) groups is 2. The molecule has 0 N–H and O–H groups in total. The Morgan fingerprint density at radius 1 is 1.40 bits per heavy atom. The Morgan fingerprint density at radius 3 is 2.76 bits per heavy atom. The number of fused-ring (bicyclic) bond motifs is 1. The maximum atomic E-state index is 12.8. The van der Waals surface area contributed by atoms with Crippen LogP contribution in [0.2, 0.25) is 0 Å². The van der Waals surface area contributed by atoms with Gasteiger partial charge in [0.1, 0.15) is 0 Å². The molecular weight excluding hydrogens is 404 g/mol. The van der Waals surface area contributed by atoms with Gasteiger partial charge in [0.05, 0.1) is 28.7 Å². The van der Waals surface area contributed by atoms with Crippen molar-refractivity contribution in [3.05, 3.63) is 45.6 Å². The van der Waals surface area contributed by atoms with E-state index in [0.717, 1.165) is 10.0 Å². The number of hydrogen-bond acceptors (Lipinski definition) is 5. The molecule has 0 bridgehead atoms. The lowest BCUT2D eigenvalue weighted by molar-refractivity contribution is -0.143. The third-order valence-electron chi connectivity index (χ3n) is 3.99. The molecule has 1 saturated heterocycles. The first-order chi connectivity index (χ1) is 11.8. The Kier molecular flexibility index (Phi) is 5.06. The Hall–Kier alpha value is -1.60.